The van der Waals surface area contributed by atoms with Gasteiger partial charge in [-0.05, 0) is 18.1 Å². The first-order valence-electron chi connectivity index (χ1n) is 6.19. The van der Waals surface area contributed by atoms with Gasteiger partial charge >= 0.3 is 5.97 Å². The van der Waals surface area contributed by atoms with E-state index in [0.29, 0.717) is 0 Å². The van der Waals surface area contributed by atoms with Gasteiger partial charge in [-0.2, -0.15) is 5.48 Å². The Morgan fingerprint density at radius 3 is 3.00 bits per heavy atom. The molecule has 0 aromatic heterocycles. The van der Waals surface area contributed by atoms with Crippen molar-refractivity contribution in [3.63, 3.8) is 0 Å². The highest BCUT2D eigenvalue weighted by molar-refractivity contribution is 5.97. The van der Waals surface area contributed by atoms with Crippen molar-refractivity contribution in [1.29, 1.82) is 0 Å². The van der Waals surface area contributed by atoms with Crippen molar-refractivity contribution in [2.45, 2.75) is 31.4 Å². The second kappa shape index (κ2) is 6.49. The maximum Gasteiger partial charge on any atom is 0.308 e. The number of hydrogen-bond acceptors (Lipinski definition) is 6. The number of methoxy groups -OCH3 is 1. The number of carbonyl (C=O) groups excluding carboxylic acids is 1. The molecule has 0 bridgehead atoms. The van der Waals surface area contributed by atoms with Gasteiger partial charge in [-0.25, -0.2) is 0 Å². The fraction of sp³-hybridized carbons (Fsp3) is 0.538. The Hall–Kier alpha value is -1.66. The molecule has 104 valence electrons. The van der Waals surface area contributed by atoms with Crippen molar-refractivity contribution in [3.8, 4) is 0 Å². The van der Waals surface area contributed by atoms with E-state index in [4.69, 9.17) is 9.68 Å². The summed E-state index contributed by atoms with van der Waals surface area (Å²) in [5.74, 6) is -0.255. The van der Waals surface area contributed by atoms with E-state index < -0.39 is 0 Å². The minimum atomic E-state index is -0.255. The van der Waals surface area contributed by atoms with Crippen molar-refractivity contribution in [1.82, 2.24) is 5.48 Å². The lowest BCUT2D eigenvalue weighted by Gasteiger charge is -2.13. The second-order valence-electron chi connectivity index (χ2n) is 4.43. The normalized spacial score (nSPS) is 28.3. The summed E-state index contributed by atoms with van der Waals surface area (Å²) in [6, 6.07) is 0.106. The maximum absolute atomic E-state index is 11.2. The van der Waals surface area contributed by atoms with Crippen LogP contribution in [0.1, 0.15) is 19.3 Å². The van der Waals surface area contributed by atoms with Gasteiger partial charge < -0.3 is 9.57 Å². The zero-order chi connectivity index (χ0) is 13.7. The highest BCUT2D eigenvalue weighted by atomic mass is 16.7. The summed E-state index contributed by atoms with van der Waals surface area (Å²) in [6.45, 7) is 0. The minimum Gasteiger partial charge on any atom is -0.469 e. The van der Waals surface area contributed by atoms with Crippen LogP contribution in [0.25, 0.3) is 0 Å². The highest BCUT2D eigenvalue weighted by Crippen LogP contribution is 2.23. The van der Waals surface area contributed by atoms with Gasteiger partial charge in [0, 0.05) is 6.42 Å². The van der Waals surface area contributed by atoms with Crippen LogP contribution in [0.5, 0.6) is 0 Å². The molecule has 0 spiro atoms. The topological polar surface area (TPSA) is 69.2 Å². The van der Waals surface area contributed by atoms with Crippen molar-refractivity contribution in [2.75, 3.05) is 14.2 Å². The van der Waals surface area contributed by atoms with Gasteiger partial charge in [-0.1, -0.05) is 17.3 Å². The van der Waals surface area contributed by atoms with E-state index in [1.807, 2.05) is 12.2 Å². The Morgan fingerprint density at radius 2 is 2.37 bits per heavy atom. The summed E-state index contributed by atoms with van der Waals surface area (Å²) in [7, 11) is 2.91. The molecule has 6 nitrogen and oxygen atoms in total. The number of oxime groups is 1. The molecule has 1 heterocycles. The molecule has 2 rings (SSSR count). The van der Waals surface area contributed by atoms with Crippen molar-refractivity contribution in [3.05, 3.63) is 23.8 Å². The zero-order valence-corrected chi connectivity index (χ0v) is 11.1. The summed E-state index contributed by atoms with van der Waals surface area (Å²) >= 11 is 0. The average molecular weight is 266 g/mol. The number of esters is 1. The van der Waals surface area contributed by atoms with E-state index in [9.17, 15) is 4.79 Å². The van der Waals surface area contributed by atoms with Gasteiger partial charge in [-0.15, -0.1) is 0 Å². The average Bonchev–Trinajstić information content (AvgIpc) is 2.88. The van der Waals surface area contributed by atoms with E-state index >= 15 is 0 Å². The molecule has 1 aliphatic heterocycles. The van der Waals surface area contributed by atoms with E-state index in [2.05, 4.69) is 21.4 Å². The zero-order valence-electron chi connectivity index (χ0n) is 11.1. The van der Waals surface area contributed by atoms with Crippen molar-refractivity contribution >= 4 is 11.7 Å². The lowest BCUT2D eigenvalue weighted by atomic mass is 9.96. The second-order valence-corrected chi connectivity index (χ2v) is 4.43. The smallest absolute Gasteiger partial charge is 0.308 e. The summed E-state index contributed by atoms with van der Waals surface area (Å²) in [5.41, 5.74) is 4.98. The Balaban J connectivity index is 1.87. The molecule has 0 aromatic rings. The molecule has 1 saturated heterocycles. The number of hydrogen-bond donors (Lipinski definition) is 1. The van der Waals surface area contributed by atoms with Gasteiger partial charge in [0.25, 0.3) is 0 Å². The van der Waals surface area contributed by atoms with E-state index in [0.717, 1.165) is 24.1 Å². The number of carbonyl (C=O) groups is 1. The van der Waals surface area contributed by atoms with Gasteiger partial charge in [0.2, 0.25) is 0 Å². The summed E-state index contributed by atoms with van der Waals surface area (Å²) < 4.78 is 4.63. The molecule has 0 saturated carbocycles. The number of ether oxygens (including phenoxy) is 1. The first-order chi connectivity index (χ1) is 9.22. The van der Waals surface area contributed by atoms with Gasteiger partial charge in [0.05, 0.1) is 31.4 Å². The Labute approximate surface area is 112 Å². The monoisotopic (exact) mass is 266 g/mol. The summed E-state index contributed by atoms with van der Waals surface area (Å²) in [6.07, 6.45) is 7.62. The first kappa shape index (κ1) is 13.8. The van der Waals surface area contributed by atoms with Gasteiger partial charge in [0.1, 0.15) is 7.11 Å². The Bertz CT molecular complexity index is 428. The third kappa shape index (κ3) is 3.65. The lowest BCUT2D eigenvalue weighted by Crippen LogP contribution is -2.22. The molecular weight excluding hydrogens is 248 g/mol. The van der Waals surface area contributed by atoms with Gasteiger partial charge in [-0.3, -0.25) is 9.63 Å². The lowest BCUT2D eigenvalue weighted by molar-refractivity contribution is -0.143. The molecule has 0 radical (unpaired) electrons. The largest absolute Gasteiger partial charge is 0.469 e. The fourth-order valence-electron chi connectivity index (χ4n) is 2.13. The fourth-order valence-corrected chi connectivity index (χ4v) is 2.13. The van der Waals surface area contributed by atoms with E-state index in [-0.39, 0.29) is 24.5 Å². The third-order valence-electron chi connectivity index (χ3n) is 3.12. The molecule has 2 aliphatic rings. The maximum atomic E-state index is 11.2. The number of nitrogens with zero attached hydrogens (tertiary/aromatic N) is 1. The van der Waals surface area contributed by atoms with Crippen molar-refractivity contribution in [2.24, 2.45) is 5.16 Å². The molecule has 2 unspecified atom stereocenters. The number of hydroxylamine groups is 1. The van der Waals surface area contributed by atoms with E-state index in [1.54, 1.807) is 0 Å². The molecule has 1 aliphatic carbocycles. The SMILES string of the molecule is CON=C1C=CC(C2CC(CC(=O)OC)ON2)=CC1. The van der Waals surface area contributed by atoms with E-state index in [1.165, 1.54) is 14.2 Å². The Morgan fingerprint density at radius 1 is 1.53 bits per heavy atom. The minimum absolute atomic E-state index is 0.106. The number of nitrogens with one attached hydrogen (secondary N) is 1. The molecule has 1 fully saturated rings. The highest BCUT2D eigenvalue weighted by Gasteiger charge is 2.29. The molecule has 1 N–H and O–H groups in total. The number of rotatable bonds is 4. The molecule has 0 aromatic carbocycles. The van der Waals surface area contributed by atoms with Crippen LogP contribution in [0.4, 0.5) is 0 Å². The van der Waals surface area contributed by atoms with Crippen LogP contribution in [0.15, 0.2) is 29.0 Å². The van der Waals surface area contributed by atoms with Crippen LogP contribution in [0.3, 0.4) is 0 Å². The predicted molar refractivity (Wildman–Crippen MR) is 69.3 cm³/mol. The Kier molecular flexibility index (Phi) is 4.70. The van der Waals surface area contributed by atoms with Gasteiger partial charge in [0.15, 0.2) is 0 Å². The summed E-state index contributed by atoms with van der Waals surface area (Å²) in [5, 5.41) is 3.88. The van der Waals surface area contributed by atoms with Crippen molar-refractivity contribution < 1.29 is 19.2 Å². The quantitative estimate of drug-likeness (QED) is 0.609. The molecule has 19 heavy (non-hydrogen) atoms. The molecule has 0 amide bonds. The van der Waals surface area contributed by atoms with Crippen LogP contribution in [0, 0.1) is 0 Å². The molecular formula is C13H18N2O4. The van der Waals surface area contributed by atoms with Crippen LogP contribution in [0.2, 0.25) is 0 Å². The van der Waals surface area contributed by atoms with Crippen LogP contribution in [-0.4, -0.2) is 38.0 Å². The van der Waals surface area contributed by atoms with Crippen LogP contribution >= 0.6 is 0 Å². The summed E-state index contributed by atoms with van der Waals surface area (Å²) in [4.78, 5) is 21.3. The van der Waals surface area contributed by atoms with Crippen LogP contribution < -0.4 is 5.48 Å². The molecule has 2 atom stereocenters. The third-order valence-corrected chi connectivity index (χ3v) is 3.12. The predicted octanol–water partition coefficient (Wildman–Crippen LogP) is 1.10. The molecule has 6 heteroatoms. The number of allylic oxidation sites excluding steroid dienone is 2. The first-order valence-corrected chi connectivity index (χ1v) is 6.19. The standard InChI is InChI=1S/C13H18N2O4/c1-17-13(16)8-11-7-12(15-19-11)9-3-5-10(6-4-9)14-18-2/h3-5,11-12,15H,6-8H2,1-2H3. The van der Waals surface area contributed by atoms with Crippen LogP contribution in [-0.2, 0) is 19.2 Å².